The van der Waals surface area contributed by atoms with E-state index in [0.717, 1.165) is 16.7 Å². The smallest absolute Gasteiger partial charge is 0.164 e. The molecule has 3 nitrogen and oxygen atoms in total. The summed E-state index contributed by atoms with van der Waals surface area (Å²) in [6, 6.07) is 61.8. The fourth-order valence-corrected chi connectivity index (χ4v) is 7.55. The summed E-state index contributed by atoms with van der Waals surface area (Å²) < 4.78 is 2.49. The van der Waals surface area contributed by atoms with Crippen LogP contribution in [0.4, 0.5) is 0 Å². The molecule has 0 unspecified atom stereocenters. The maximum absolute atomic E-state index is 4.97. The summed E-state index contributed by atoms with van der Waals surface area (Å²) in [5.74, 6) is 1.99. The summed E-state index contributed by atoms with van der Waals surface area (Å²) in [4.78, 5) is 14.8. The van der Waals surface area contributed by atoms with Crippen molar-refractivity contribution in [3.8, 4) is 67.5 Å². The predicted molar refractivity (Wildman–Crippen MR) is 205 cm³/mol. The average molecular weight is 644 g/mol. The Kier molecular flexibility index (Phi) is 7.34. The van der Waals surface area contributed by atoms with E-state index in [2.05, 4.69) is 115 Å². The molecule has 9 aromatic rings. The molecule has 0 aliphatic rings. The minimum Gasteiger partial charge on any atom is -0.208 e. The molecule has 0 radical (unpaired) electrons. The van der Waals surface area contributed by atoms with E-state index in [-0.39, 0.29) is 0 Å². The van der Waals surface area contributed by atoms with Gasteiger partial charge >= 0.3 is 0 Å². The standard InChI is InChI=1S/C45H29N3S/c1-5-13-30(14-6-1)36-25-37(31-15-7-2-8-16-31)27-38(26-36)34-21-23-39-40-28-35(22-24-41(40)49-42(39)29-34)45-47-43(32-17-9-3-10-18-32)46-44(48-45)33-19-11-4-12-20-33/h1-29H. The van der Waals surface area contributed by atoms with Crippen molar-refractivity contribution in [3.05, 3.63) is 176 Å². The maximum atomic E-state index is 4.97. The highest BCUT2D eigenvalue weighted by Gasteiger charge is 2.15. The van der Waals surface area contributed by atoms with E-state index < -0.39 is 0 Å². The van der Waals surface area contributed by atoms with Crippen molar-refractivity contribution in [3.63, 3.8) is 0 Å². The summed E-state index contributed by atoms with van der Waals surface area (Å²) in [6.07, 6.45) is 0. The van der Waals surface area contributed by atoms with Crippen LogP contribution in [0.15, 0.2) is 176 Å². The number of hydrogen-bond donors (Lipinski definition) is 0. The number of rotatable bonds is 6. The van der Waals surface area contributed by atoms with Crippen molar-refractivity contribution >= 4 is 31.5 Å². The Morgan fingerprint density at radius 3 is 1.20 bits per heavy atom. The van der Waals surface area contributed by atoms with Gasteiger partial charge in [-0.15, -0.1) is 11.3 Å². The average Bonchev–Trinajstić information content (AvgIpc) is 3.56. The van der Waals surface area contributed by atoms with Crippen LogP contribution in [0.25, 0.3) is 87.7 Å². The van der Waals surface area contributed by atoms with Gasteiger partial charge < -0.3 is 0 Å². The van der Waals surface area contributed by atoms with Crippen LogP contribution in [0.3, 0.4) is 0 Å². The normalized spacial score (nSPS) is 11.3. The van der Waals surface area contributed by atoms with Gasteiger partial charge in [0.15, 0.2) is 17.5 Å². The third-order valence-electron chi connectivity index (χ3n) is 8.91. The second kappa shape index (κ2) is 12.4. The molecule has 0 amide bonds. The molecule has 0 aliphatic heterocycles. The Labute approximate surface area is 288 Å². The lowest BCUT2D eigenvalue weighted by Crippen LogP contribution is -2.00. The molecule has 0 saturated heterocycles. The van der Waals surface area contributed by atoms with E-state index in [1.165, 1.54) is 53.6 Å². The molecule has 0 atom stereocenters. The predicted octanol–water partition coefficient (Wildman–Crippen LogP) is 12.2. The topological polar surface area (TPSA) is 38.7 Å². The fourth-order valence-electron chi connectivity index (χ4n) is 6.42. The molecule has 4 heteroatoms. The van der Waals surface area contributed by atoms with Gasteiger partial charge in [-0.1, -0.05) is 133 Å². The van der Waals surface area contributed by atoms with E-state index in [1.54, 1.807) is 0 Å². The van der Waals surface area contributed by atoms with E-state index in [4.69, 9.17) is 15.0 Å². The van der Waals surface area contributed by atoms with Crippen molar-refractivity contribution in [2.75, 3.05) is 0 Å². The van der Waals surface area contributed by atoms with Gasteiger partial charge in [-0.05, 0) is 75.8 Å². The lowest BCUT2D eigenvalue weighted by atomic mass is 9.93. The van der Waals surface area contributed by atoms with E-state index in [1.807, 2.05) is 72.0 Å². The Balaban J connectivity index is 1.15. The molecule has 0 fully saturated rings. The zero-order valence-corrected chi connectivity index (χ0v) is 27.3. The molecule has 0 saturated carbocycles. The third-order valence-corrected chi connectivity index (χ3v) is 10.0. The van der Waals surface area contributed by atoms with Gasteiger partial charge in [0.1, 0.15) is 0 Å². The van der Waals surface area contributed by atoms with Gasteiger partial charge in [-0.3, -0.25) is 0 Å². The molecule has 49 heavy (non-hydrogen) atoms. The van der Waals surface area contributed by atoms with Crippen LogP contribution in [-0.4, -0.2) is 15.0 Å². The Morgan fingerprint density at radius 1 is 0.265 bits per heavy atom. The number of hydrogen-bond acceptors (Lipinski definition) is 4. The second-order valence-electron chi connectivity index (χ2n) is 12.1. The maximum Gasteiger partial charge on any atom is 0.164 e. The summed E-state index contributed by atoms with van der Waals surface area (Å²) in [5, 5.41) is 2.43. The van der Waals surface area contributed by atoms with Crippen LogP contribution >= 0.6 is 11.3 Å². The molecule has 9 rings (SSSR count). The van der Waals surface area contributed by atoms with Crippen molar-refractivity contribution < 1.29 is 0 Å². The van der Waals surface area contributed by atoms with Gasteiger partial charge in [0.25, 0.3) is 0 Å². The number of aromatic nitrogens is 3. The molecular formula is C45H29N3S. The molecular weight excluding hydrogens is 615 g/mol. The number of benzene rings is 7. The first kappa shape index (κ1) is 29.0. The zero-order chi connectivity index (χ0) is 32.6. The zero-order valence-electron chi connectivity index (χ0n) is 26.5. The van der Waals surface area contributed by atoms with Crippen molar-refractivity contribution in [2.24, 2.45) is 0 Å². The summed E-state index contributed by atoms with van der Waals surface area (Å²) in [5.41, 5.74) is 10.1. The van der Waals surface area contributed by atoms with Crippen LogP contribution < -0.4 is 0 Å². The van der Waals surface area contributed by atoms with Crippen LogP contribution in [0, 0.1) is 0 Å². The third kappa shape index (κ3) is 5.69. The molecule has 0 spiro atoms. The quantitative estimate of drug-likeness (QED) is 0.181. The van der Waals surface area contributed by atoms with E-state index in [9.17, 15) is 0 Å². The van der Waals surface area contributed by atoms with Crippen LogP contribution in [-0.2, 0) is 0 Å². The number of nitrogens with zero attached hydrogens (tertiary/aromatic N) is 3. The number of fused-ring (bicyclic) bond motifs is 3. The minimum absolute atomic E-state index is 0.664. The molecule has 2 heterocycles. The first-order valence-electron chi connectivity index (χ1n) is 16.4. The van der Waals surface area contributed by atoms with Gasteiger partial charge in [0.2, 0.25) is 0 Å². The minimum atomic E-state index is 0.664. The summed E-state index contributed by atoms with van der Waals surface area (Å²) in [6.45, 7) is 0. The molecule has 0 N–H and O–H groups in total. The Hall–Kier alpha value is -6.23. The largest absolute Gasteiger partial charge is 0.208 e. The summed E-state index contributed by atoms with van der Waals surface area (Å²) >= 11 is 1.82. The lowest BCUT2D eigenvalue weighted by molar-refractivity contribution is 1.07. The highest BCUT2D eigenvalue weighted by atomic mass is 32.1. The molecule has 0 aliphatic carbocycles. The van der Waals surface area contributed by atoms with Gasteiger partial charge in [0.05, 0.1) is 0 Å². The highest BCUT2D eigenvalue weighted by Crippen LogP contribution is 2.40. The van der Waals surface area contributed by atoms with Crippen molar-refractivity contribution in [2.45, 2.75) is 0 Å². The second-order valence-corrected chi connectivity index (χ2v) is 13.2. The SMILES string of the molecule is c1ccc(-c2cc(-c3ccccc3)cc(-c3ccc4c(c3)sc3ccc(-c5nc(-c6ccccc6)nc(-c6ccccc6)n5)cc34)c2)cc1. The monoisotopic (exact) mass is 643 g/mol. The first-order chi connectivity index (χ1) is 24.2. The van der Waals surface area contributed by atoms with Crippen molar-refractivity contribution in [1.82, 2.24) is 15.0 Å². The Morgan fingerprint density at radius 2 is 0.694 bits per heavy atom. The molecule has 230 valence electrons. The first-order valence-corrected chi connectivity index (χ1v) is 17.2. The highest BCUT2D eigenvalue weighted by molar-refractivity contribution is 7.25. The number of thiophene rings is 1. The molecule has 0 bridgehead atoms. The van der Waals surface area contributed by atoms with Crippen LogP contribution in [0.1, 0.15) is 0 Å². The van der Waals surface area contributed by atoms with Crippen LogP contribution in [0.5, 0.6) is 0 Å². The molecule has 2 aromatic heterocycles. The molecule has 7 aromatic carbocycles. The van der Waals surface area contributed by atoms with Crippen LogP contribution in [0.2, 0.25) is 0 Å². The summed E-state index contributed by atoms with van der Waals surface area (Å²) in [7, 11) is 0. The van der Waals surface area contributed by atoms with Gasteiger partial charge in [-0.25, -0.2) is 15.0 Å². The Bertz CT molecular complexity index is 2460. The van der Waals surface area contributed by atoms with Crippen molar-refractivity contribution in [1.29, 1.82) is 0 Å². The van der Waals surface area contributed by atoms with Gasteiger partial charge in [-0.2, -0.15) is 0 Å². The van der Waals surface area contributed by atoms with E-state index >= 15 is 0 Å². The van der Waals surface area contributed by atoms with Gasteiger partial charge in [0, 0.05) is 36.9 Å². The lowest BCUT2D eigenvalue weighted by Gasteiger charge is -2.11. The fraction of sp³-hybridized carbons (Fsp3) is 0. The van der Waals surface area contributed by atoms with E-state index in [0.29, 0.717) is 17.5 Å².